The molecule has 258 valence electrons. The van der Waals surface area contributed by atoms with Crippen LogP contribution in [0.3, 0.4) is 0 Å². The van der Waals surface area contributed by atoms with Crippen LogP contribution in [0.25, 0.3) is 0 Å². The third kappa shape index (κ3) is 4.44. The monoisotopic (exact) mass is 650 g/mol. The molecule has 6 aliphatic rings. The molecule has 0 radical (unpaired) electrons. The highest BCUT2D eigenvalue weighted by molar-refractivity contribution is 5.90. The average Bonchev–Trinajstić information content (AvgIpc) is 3.23. The second-order valence-electron chi connectivity index (χ2n) is 15.5. The minimum absolute atomic E-state index is 0.000240. The molecule has 2 aliphatic heterocycles. The maximum atomic E-state index is 14.1. The van der Waals surface area contributed by atoms with Crippen molar-refractivity contribution in [1.82, 2.24) is 0 Å². The van der Waals surface area contributed by atoms with E-state index in [0.29, 0.717) is 31.3 Å². The van der Waals surface area contributed by atoms with Gasteiger partial charge in [-0.3, -0.25) is 4.79 Å². The Balaban J connectivity index is 1.25. The molecule has 2 heterocycles. The number of aliphatic hydroxyl groups is 7. The molecule has 6 rings (SSSR count). The number of allylic oxidation sites excluding steroid dienone is 1. The number of rotatable bonds is 5. The molecule has 7 N–H and O–H groups in total. The van der Waals surface area contributed by atoms with Gasteiger partial charge in [-0.05, 0) is 78.1 Å². The molecule has 46 heavy (non-hydrogen) atoms. The first-order chi connectivity index (χ1) is 21.4. The largest absolute Gasteiger partial charge is 0.455 e. The number of hydrogen-bond donors (Lipinski definition) is 7. The Hall–Kier alpha value is -1.74. The number of esters is 1. The number of ketones is 1. The quantitative estimate of drug-likeness (QED) is 0.161. The van der Waals surface area contributed by atoms with E-state index in [1.54, 1.807) is 6.92 Å². The van der Waals surface area contributed by atoms with Crippen LogP contribution in [0.4, 0.5) is 0 Å². The number of ether oxygens (including phenoxy) is 3. The van der Waals surface area contributed by atoms with E-state index in [9.17, 15) is 45.3 Å². The summed E-state index contributed by atoms with van der Waals surface area (Å²) in [4.78, 5) is 26.6. The predicted octanol–water partition coefficient (Wildman–Crippen LogP) is 0.562. The highest BCUT2D eigenvalue weighted by atomic mass is 16.7. The fourth-order valence-electron chi connectivity index (χ4n) is 10.2. The normalized spacial score (nSPS) is 50.6. The maximum Gasteiger partial charge on any atom is 0.334 e. The number of carbonyl (C=O) groups excluding carboxylic acids is 2. The molecule has 0 amide bonds. The van der Waals surface area contributed by atoms with Crippen molar-refractivity contribution >= 4 is 11.8 Å². The highest BCUT2D eigenvalue weighted by Gasteiger charge is 2.76. The lowest BCUT2D eigenvalue weighted by Crippen LogP contribution is -2.72. The lowest BCUT2D eigenvalue weighted by atomic mass is 9.44. The van der Waals surface area contributed by atoms with Crippen LogP contribution in [0, 0.1) is 22.7 Å². The summed E-state index contributed by atoms with van der Waals surface area (Å²) in [5, 5.41) is 77.5. The Morgan fingerprint density at radius 3 is 2.33 bits per heavy atom. The maximum absolute atomic E-state index is 14.1. The fraction of sp³-hybridized carbons (Fsp3) is 0.824. The van der Waals surface area contributed by atoms with Gasteiger partial charge < -0.3 is 50.0 Å². The fourth-order valence-corrected chi connectivity index (χ4v) is 10.2. The molecule has 0 aromatic carbocycles. The molecule has 0 aromatic rings. The average molecular weight is 651 g/mol. The second kappa shape index (κ2) is 11.1. The third-order valence-corrected chi connectivity index (χ3v) is 13.6. The SMILES string of the molecule is CC1=C(C)C(=O)OC([C@](C)(O)[C@@]2(O)CC[C@@]3(O)[C@@H]4CC=C5CC(O[C@@H]6O[C@H](CO)[C@@H](O)[C@H](O)[C@H]6O)CC(=O)[C@]5(C)[C@H]4CC[C@]23C)C1. The first kappa shape index (κ1) is 34.1. The smallest absolute Gasteiger partial charge is 0.334 e. The summed E-state index contributed by atoms with van der Waals surface area (Å²) in [5.74, 6) is -1.23. The Morgan fingerprint density at radius 2 is 1.67 bits per heavy atom. The van der Waals surface area contributed by atoms with Crippen molar-refractivity contribution in [1.29, 1.82) is 0 Å². The van der Waals surface area contributed by atoms with Crippen LogP contribution in [-0.2, 0) is 23.8 Å². The van der Waals surface area contributed by atoms with Gasteiger partial charge in [-0.1, -0.05) is 24.1 Å². The lowest BCUT2D eigenvalue weighted by molar-refractivity contribution is -0.312. The number of hydrogen-bond acceptors (Lipinski definition) is 12. The van der Waals surface area contributed by atoms with E-state index >= 15 is 0 Å². The lowest BCUT2D eigenvalue weighted by Gasteiger charge is -2.63. The molecule has 12 heteroatoms. The molecule has 4 fully saturated rings. The Labute approximate surface area is 269 Å². The van der Waals surface area contributed by atoms with Crippen LogP contribution in [0.2, 0.25) is 0 Å². The van der Waals surface area contributed by atoms with Gasteiger partial charge in [0, 0.05) is 23.8 Å². The molecule has 2 unspecified atom stereocenters. The van der Waals surface area contributed by atoms with Crippen LogP contribution >= 0.6 is 0 Å². The standard InChI is InChI=1S/C34H50O12/c1-16-12-24(46-28(40)17(16)2)32(5,41)34(43)11-10-33(42)21-7-6-18-13-19(44-29-27(39)26(38)25(37)22(15-35)45-29)14-23(36)31(18,4)20(21)8-9-30(33,34)3/h6,19-22,24-27,29,35,37-39,41-43H,7-15H2,1-5H3/t19?,20-,21+,22+,24?,25+,26-,27+,29+,30-,31-,32-,33+,34+/m0/s1. The van der Waals surface area contributed by atoms with Crippen molar-refractivity contribution in [3.05, 3.63) is 22.8 Å². The zero-order valence-corrected chi connectivity index (χ0v) is 27.3. The molecule has 14 atom stereocenters. The van der Waals surface area contributed by atoms with Gasteiger partial charge in [0.2, 0.25) is 0 Å². The molecule has 0 bridgehead atoms. The number of fused-ring (bicyclic) bond motifs is 5. The number of aliphatic hydroxyl groups excluding tert-OH is 4. The van der Waals surface area contributed by atoms with E-state index in [4.69, 9.17) is 14.2 Å². The second-order valence-corrected chi connectivity index (χ2v) is 15.5. The molecule has 0 spiro atoms. The van der Waals surface area contributed by atoms with Crippen LogP contribution in [0.15, 0.2) is 22.8 Å². The summed E-state index contributed by atoms with van der Waals surface area (Å²) in [6.45, 7) is 8.13. The van der Waals surface area contributed by atoms with Gasteiger partial charge in [0.05, 0.1) is 23.7 Å². The summed E-state index contributed by atoms with van der Waals surface area (Å²) in [7, 11) is 0. The first-order valence-electron chi connectivity index (χ1n) is 16.6. The van der Waals surface area contributed by atoms with Gasteiger partial charge >= 0.3 is 5.97 Å². The zero-order valence-electron chi connectivity index (χ0n) is 27.3. The van der Waals surface area contributed by atoms with Gasteiger partial charge in [-0.15, -0.1) is 0 Å². The molecule has 0 aromatic heterocycles. The van der Waals surface area contributed by atoms with Crippen LogP contribution in [0.5, 0.6) is 0 Å². The summed E-state index contributed by atoms with van der Waals surface area (Å²) in [6, 6.07) is 0. The predicted molar refractivity (Wildman–Crippen MR) is 161 cm³/mol. The third-order valence-electron chi connectivity index (χ3n) is 13.6. The molecular formula is C34H50O12. The van der Waals surface area contributed by atoms with Crippen molar-refractivity contribution < 1.29 is 59.5 Å². The van der Waals surface area contributed by atoms with Gasteiger partial charge in [0.25, 0.3) is 0 Å². The molecule has 3 saturated carbocycles. The zero-order chi connectivity index (χ0) is 33.8. The van der Waals surface area contributed by atoms with Gasteiger partial charge in [0.1, 0.15) is 47.5 Å². The van der Waals surface area contributed by atoms with Crippen molar-refractivity contribution in [2.75, 3.05) is 6.61 Å². The number of Topliss-reactive ketones (excluding diaryl/α,β-unsaturated/α-hetero) is 1. The topological polar surface area (TPSA) is 203 Å². The van der Waals surface area contributed by atoms with E-state index in [1.165, 1.54) is 6.92 Å². The summed E-state index contributed by atoms with van der Waals surface area (Å²) in [5.41, 5.74) is -4.97. The van der Waals surface area contributed by atoms with Crippen molar-refractivity contribution in [3.63, 3.8) is 0 Å². The molecule has 1 saturated heterocycles. The van der Waals surface area contributed by atoms with E-state index in [0.717, 1.165) is 11.1 Å². The minimum Gasteiger partial charge on any atom is -0.455 e. The van der Waals surface area contributed by atoms with Crippen LogP contribution in [0.1, 0.15) is 86.0 Å². The summed E-state index contributed by atoms with van der Waals surface area (Å²) < 4.78 is 17.2. The Morgan fingerprint density at radius 1 is 0.978 bits per heavy atom. The highest BCUT2D eigenvalue weighted by Crippen LogP contribution is 2.70. The number of carbonyl (C=O) groups is 2. The Bertz CT molecular complexity index is 1340. The van der Waals surface area contributed by atoms with Gasteiger partial charge in [-0.2, -0.15) is 0 Å². The van der Waals surface area contributed by atoms with Gasteiger partial charge in [0.15, 0.2) is 6.29 Å². The summed E-state index contributed by atoms with van der Waals surface area (Å²) >= 11 is 0. The molecule has 12 nitrogen and oxygen atoms in total. The van der Waals surface area contributed by atoms with Crippen LogP contribution < -0.4 is 0 Å². The molecular weight excluding hydrogens is 600 g/mol. The Kier molecular flexibility index (Phi) is 8.27. The van der Waals surface area contributed by atoms with Crippen molar-refractivity contribution in [2.45, 2.75) is 146 Å². The number of cyclic esters (lactones) is 1. The van der Waals surface area contributed by atoms with E-state index in [2.05, 4.69) is 0 Å². The molecule has 4 aliphatic carbocycles. The van der Waals surface area contributed by atoms with Gasteiger partial charge in [-0.25, -0.2) is 4.79 Å². The van der Waals surface area contributed by atoms with E-state index in [-0.39, 0.29) is 43.3 Å². The van der Waals surface area contributed by atoms with E-state index < -0.39 is 83.1 Å². The first-order valence-corrected chi connectivity index (χ1v) is 16.6. The van der Waals surface area contributed by atoms with Crippen LogP contribution in [-0.4, -0.2) is 114 Å². The minimum atomic E-state index is -1.86. The van der Waals surface area contributed by atoms with Crippen molar-refractivity contribution in [2.24, 2.45) is 22.7 Å². The summed E-state index contributed by atoms with van der Waals surface area (Å²) in [6.07, 6.45) is -4.59. The van der Waals surface area contributed by atoms with E-state index in [1.807, 2.05) is 26.8 Å². The van der Waals surface area contributed by atoms with Crippen molar-refractivity contribution in [3.8, 4) is 0 Å².